The van der Waals surface area contributed by atoms with Gasteiger partial charge in [-0.15, -0.1) is 0 Å². The van der Waals surface area contributed by atoms with E-state index in [2.05, 4.69) is 9.55 Å². The molecular weight excluding hydrogens is 318 g/mol. The average Bonchev–Trinajstić information content (AvgIpc) is 3.21. The standard InChI is InChI=1S/C19H23N3O3/c1-24-17-5-4-14-9-15(12-25-18(14)10-17)19(23)21-7-2-3-16(11-21)22-8-6-20-13-22/h4-6,8,10,13,15-16H,2-3,7,9,11-12H2,1H3/t15-,16-/m1/s1. The SMILES string of the molecule is COc1ccc2c(c1)OC[C@H](C(=O)N1CCC[C@@H](n3ccnc3)C1)C2. The quantitative estimate of drug-likeness (QED) is 0.860. The molecule has 0 spiro atoms. The van der Waals surface area contributed by atoms with Crippen LogP contribution in [0.2, 0.25) is 0 Å². The van der Waals surface area contributed by atoms with Gasteiger partial charge in [0.05, 0.1) is 25.4 Å². The lowest BCUT2D eigenvalue weighted by atomic mass is 9.94. The molecule has 2 atom stereocenters. The number of carbonyl (C=O) groups is 1. The highest BCUT2D eigenvalue weighted by molar-refractivity contribution is 5.80. The summed E-state index contributed by atoms with van der Waals surface area (Å²) in [6.07, 6.45) is 8.45. The Hall–Kier alpha value is -2.50. The first-order valence-corrected chi connectivity index (χ1v) is 8.80. The van der Waals surface area contributed by atoms with E-state index in [1.807, 2.05) is 35.6 Å². The molecule has 0 bridgehead atoms. The van der Waals surface area contributed by atoms with Crippen molar-refractivity contribution in [2.75, 3.05) is 26.8 Å². The number of nitrogens with zero attached hydrogens (tertiary/aromatic N) is 3. The Balaban J connectivity index is 1.44. The predicted octanol–water partition coefficient (Wildman–Crippen LogP) is 2.31. The van der Waals surface area contributed by atoms with Crippen molar-refractivity contribution < 1.29 is 14.3 Å². The highest BCUT2D eigenvalue weighted by atomic mass is 16.5. The third kappa shape index (κ3) is 3.21. The Labute approximate surface area is 147 Å². The van der Waals surface area contributed by atoms with E-state index in [0.717, 1.165) is 49.4 Å². The van der Waals surface area contributed by atoms with E-state index in [1.54, 1.807) is 13.3 Å². The minimum atomic E-state index is -0.109. The van der Waals surface area contributed by atoms with E-state index in [1.165, 1.54) is 0 Å². The van der Waals surface area contributed by atoms with Crippen LogP contribution in [0.25, 0.3) is 0 Å². The van der Waals surface area contributed by atoms with Crippen molar-refractivity contribution in [1.82, 2.24) is 14.5 Å². The highest BCUT2D eigenvalue weighted by Crippen LogP contribution is 2.32. The maximum absolute atomic E-state index is 13.0. The van der Waals surface area contributed by atoms with Gasteiger partial charge in [-0.25, -0.2) is 4.98 Å². The summed E-state index contributed by atoms with van der Waals surface area (Å²) in [6, 6.07) is 6.14. The summed E-state index contributed by atoms with van der Waals surface area (Å²) >= 11 is 0. The Morgan fingerprint density at radius 3 is 3.12 bits per heavy atom. The van der Waals surface area contributed by atoms with Crippen molar-refractivity contribution in [3.05, 3.63) is 42.5 Å². The molecule has 6 nitrogen and oxygen atoms in total. The molecule has 1 fully saturated rings. The van der Waals surface area contributed by atoms with Gasteiger partial charge in [-0.2, -0.15) is 0 Å². The summed E-state index contributed by atoms with van der Waals surface area (Å²) in [5.74, 6) is 1.70. The maximum Gasteiger partial charge on any atom is 0.229 e. The zero-order valence-corrected chi connectivity index (χ0v) is 14.4. The van der Waals surface area contributed by atoms with E-state index in [-0.39, 0.29) is 11.8 Å². The van der Waals surface area contributed by atoms with Crippen molar-refractivity contribution >= 4 is 5.91 Å². The number of imidazole rings is 1. The minimum absolute atomic E-state index is 0.109. The average molecular weight is 341 g/mol. The first-order valence-electron chi connectivity index (χ1n) is 8.80. The molecule has 3 heterocycles. The normalized spacial score (nSPS) is 22.8. The molecule has 0 saturated carbocycles. The molecule has 0 N–H and O–H groups in total. The van der Waals surface area contributed by atoms with Crippen LogP contribution in [0.4, 0.5) is 0 Å². The number of piperidine rings is 1. The number of ether oxygens (including phenoxy) is 2. The predicted molar refractivity (Wildman–Crippen MR) is 92.8 cm³/mol. The molecule has 132 valence electrons. The third-order valence-electron chi connectivity index (χ3n) is 5.18. The van der Waals surface area contributed by atoms with Crippen molar-refractivity contribution in [3.63, 3.8) is 0 Å². The van der Waals surface area contributed by atoms with Crippen LogP contribution >= 0.6 is 0 Å². The third-order valence-corrected chi connectivity index (χ3v) is 5.18. The highest BCUT2D eigenvalue weighted by Gasteiger charge is 2.32. The van der Waals surface area contributed by atoms with Gasteiger partial charge in [-0.1, -0.05) is 6.07 Å². The number of rotatable bonds is 3. The van der Waals surface area contributed by atoms with E-state index in [0.29, 0.717) is 12.6 Å². The molecule has 4 rings (SSSR count). The second-order valence-corrected chi connectivity index (χ2v) is 6.78. The number of benzene rings is 1. The molecule has 0 radical (unpaired) electrons. The Bertz CT molecular complexity index is 744. The van der Waals surface area contributed by atoms with Crippen LogP contribution in [-0.2, 0) is 11.2 Å². The number of methoxy groups -OCH3 is 1. The number of hydrogen-bond acceptors (Lipinski definition) is 4. The van der Waals surface area contributed by atoms with E-state index in [9.17, 15) is 4.79 Å². The largest absolute Gasteiger partial charge is 0.497 e. The molecule has 2 aliphatic heterocycles. The smallest absolute Gasteiger partial charge is 0.229 e. The van der Waals surface area contributed by atoms with Gasteiger partial charge in [0, 0.05) is 31.5 Å². The first-order chi connectivity index (χ1) is 12.2. The fourth-order valence-corrected chi connectivity index (χ4v) is 3.78. The zero-order chi connectivity index (χ0) is 17.2. The molecule has 0 aliphatic carbocycles. The van der Waals surface area contributed by atoms with Crippen molar-refractivity contribution in [2.24, 2.45) is 5.92 Å². The van der Waals surface area contributed by atoms with Crippen LogP contribution < -0.4 is 9.47 Å². The second-order valence-electron chi connectivity index (χ2n) is 6.78. The van der Waals surface area contributed by atoms with Crippen LogP contribution in [0.15, 0.2) is 36.9 Å². The molecule has 6 heteroatoms. The lowest BCUT2D eigenvalue weighted by Gasteiger charge is -2.36. The van der Waals surface area contributed by atoms with Crippen molar-refractivity contribution in [2.45, 2.75) is 25.3 Å². The summed E-state index contributed by atoms with van der Waals surface area (Å²) in [6.45, 7) is 2.02. The topological polar surface area (TPSA) is 56.6 Å². The van der Waals surface area contributed by atoms with Gasteiger partial charge >= 0.3 is 0 Å². The Morgan fingerprint density at radius 2 is 2.32 bits per heavy atom. The number of likely N-dealkylation sites (tertiary alicyclic amines) is 1. The maximum atomic E-state index is 13.0. The molecule has 1 amide bonds. The van der Waals surface area contributed by atoms with E-state index >= 15 is 0 Å². The Kier molecular flexibility index (Phi) is 4.34. The molecule has 2 aromatic rings. The molecule has 1 saturated heterocycles. The molecule has 0 unspecified atom stereocenters. The molecule has 2 aliphatic rings. The summed E-state index contributed by atoms with van der Waals surface area (Å²) in [5.41, 5.74) is 1.08. The van der Waals surface area contributed by atoms with Gasteiger partial charge in [0.25, 0.3) is 0 Å². The fraction of sp³-hybridized carbons (Fsp3) is 0.474. The summed E-state index contributed by atoms with van der Waals surface area (Å²) in [5, 5.41) is 0. The second kappa shape index (κ2) is 6.78. The van der Waals surface area contributed by atoms with Gasteiger partial charge in [-0.05, 0) is 30.9 Å². The monoisotopic (exact) mass is 341 g/mol. The molecular formula is C19H23N3O3. The van der Waals surface area contributed by atoms with Crippen LogP contribution in [0.3, 0.4) is 0 Å². The van der Waals surface area contributed by atoms with Gasteiger partial charge in [0.15, 0.2) is 0 Å². The fourth-order valence-electron chi connectivity index (χ4n) is 3.78. The minimum Gasteiger partial charge on any atom is -0.497 e. The summed E-state index contributed by atoms with van der Waals surface area (Å²) in [4.78, 5) is 19.1. The number of aromatic nitrogens is 2. The molecule has 1 aromatic carbocycles. The Morgan fingerprint density at radius 1 is 1.40 bits per heavy atom. The summed E-state index contributed by atoms with van der Waals surface area (Å²) < 4.78 is 13.2. The lowest BCUT2D eigenvalue weighted by Crippen LogP contribution is -2.46. The van der Waals surface area contributed by atoms with Crippen LogP contribution in [0, 0.1) is 5.92 Å². The van der Waals surface area contributed by atoms with E-state index in [4.69, 9.17) is 9.47 Å². The van der Waals surface area contributed by atoms with Crippen molar-refractivity contribution in [1.29, 1.82) is 0 Å². The van der Waals surface area contributed by atoms with Gasteiger partial charge in [0.2, 0.25) is 5.91 Å². The molecule has 25 heavy (non-hydrogen) atoms. The number of carbonyl (C=O) groups excluding carboxylic acids is 1. The lowest BCUT2D eigenvalue weighted by molar-refractivity contribution is -0.138. The van der Waals surface area contributed by atoms with Gasteiger partial charge < -0.3 is 18.9 Å². The van der Waals surface area contributed by atoms with Gasteiger partial charge in [0.1, 0.15) is 18.1 Å². The number of hydrogen-bond donors (Lipinski definition) is 0. The summed E-state index contributed by atoms with van der Waals surface area (Å²) in [7, 11) is 1.64. The van der Waals surface area contributed by atoms with Crippen LogP contribution in [0.5, 0.6) is 11.5 Å². The van der Waals surface area contributed by atoms with E-state index < -0.39 is 0 Å². The van der Waals surface area contributed by atoms with Crippen LogP contribution in [-0.4, -0.2) is 47.2 Å². The number of fused-ring (bicyclic) bond motifs is 1. The number of amides is 1. The molecule has 1 aromatic heterocycles. The van der Waals surface area contributed by atoms with Crippen molar-refractivity contribution in [3.8, 4) is 11.5 Å². The van der Waals surface area contributed by atoms with Crippen LogP contribution in [0.1, 0.15) is 24.4 Å². The van der Waals surface area contributed by atoms with Gasteiger partial charge in [-0.3, -0.25) is 4.79 Å². The first kappa shape index (κ1) is 16.0. The zero-order valence-electron chi connectivity index (χ0n) is 14.4.